The number of rotatable bonds is 4. The van der Waals surface area contributed by atoms with Crippen molar-refractivity contribution in [3.63, 3.8) is 0 Å². The molecule has 9 heteroatoms. The average molecular weight is 354 g/mol. The molecule has 2 saturated heterocycles. The summed E-state index contributed by atoms with van der Waals surface area (Å²) in [5, 5.41) is 11.9. The molecular formula is C15H18N2O6S. The SMILES string of the molecule is O=C(NC1(C(=O)O)CCOC1)c1cccc(N2CCCS2(=O)=O)c1. The molecule has 0 aromatic heterocycles. The number of hydrogen-bond donors (Lipinski definition) is 2. The van der Waals surface area contributed by atoms with Gasteiger partial charge in [0.25, 0.3) is 5.91 Å². The van der Waals surface area contributed by atoms with E-state index in [1.54, 1.807) is 12.1 Å². The van der Waals surface area contributed by atoms with E-state index >= 15 is 0 Å². The molecule has 0 spiro atoms. The number of anilines is 1. The van der Waals surface area contributed by atoms with Crippen LogP contribution in [0.3, 0.4) is 0 Å². The molecule has 0 radical (unpaired) electrons. The minimum atomic E-state index is -3.34. The van der Waals surface area contributed by atoms with Crippen LogP contribution in [0.15, 0.2) is 24.3 Å². The second-order valence-electron chi connectivity index (χ2n) is 5.94. The largest absolute Gasteiger partial charge is 0.479 e. The van der Waals surface area contributed by atoms with Gasteiger partial charge in [-0.15, -0.1) is 0 Å². The van der Waals surface area contributed by atoms with Crippen molar-refractivity contribution in [1.82, 2.24) is 5.32 Å². The van der Waals surface area contributed by atoms with Gasteiger partial charge in [-0.3, -0.25) is 9.10 Å². The maximum atomic E-state index is 12.4. The van der Waals surface area contributed by atoms with Gasteiger partial charge in [-0.2, -0.15) is 0 Å². The quantitative estimate of drug-likeness (QED) is 0.799. The van der Waals surface area contributed by atoms with Crippen molar-refractivity contribution in [2.45, 2.75) is 18.4 Å². The smallest absolute Gasteiger partial charge is 0.331 e. The van der Waals surface area contributed by atoms with Crippen molar-refractivity contribution in [2.24, 2.45) is 0 Å². The predicted octanol–water partition coefficient (Wildman–Crippen LogP) is 0.200. The lowest BCUT2D eigenvalue weighted by Crippen LogP contribution is -2.55. The Morgan fingerprint density at radius 3 is 2.71 bits per heavy atom. The van der Waals surface area contributed by atoms with Gasteiger partial charge >= 0.3 is 5.97 Å². The van der Waals surface area contributed by atoms with Crippen LogP contribution in [-0.2, 0) is 19.6 Å². The van der Waals surface area contributed by atoms with Gasteiger partial charge in [0.2, 0.25) is 10.0 Å². The van der Waals surface area contributed by atoms with Gasteiger partial charge in [0, 0.05) is 25.1 Å². The number of carboxylic acids is 1. The summed E-state index contributed by atoms with van der Waals surface area (Å²) in [6.07, 6.45) is 0.729. The first-order valence-electron chi connectivity index (χ1n) is 7.58. The summed E-state index contributed by atoms with van der Waals surface area (Å²) < 4.78 is 30.4. The number of carbonyl (C=O) groups is 2. The fourth-order valence-corrected chi connectivity index (χ4v) is 4.46. The van der Waals surface area contributed by atoms with Gasteiger partial charge < -0.3 is 15.2 Å². The highest BCUT2D eigenvalue weighted by Crippen LogP contribution is 2.25. The number of ether oxygens (including phenoxy) is 1. The maximum Gasteiger partial charge on any atom is 0.331 e. The first-order chi connectivity index (χ1) is 11.3. The van der Waals surface area contributed by atoms with E-state index < -0.39 is 27.4 Å². The predicted molar refractivity (Wildman–Crippen MR) is 85.5 cm³/mol. The van der Waals surface area contributed by atoms with Crippen LogP contribution < -0.4 is 9.62 Å². The molecular weight excluding hydrogens is 336 g/mol. The van der Waals surface area contributed by atoms with E-state index in [9.17, 15) is 23.1 Å². The molecule has 1 aromatic rings. The number of amides is 1. The molecule has 24 heavy (non-hydrogen) atoms. The molecule has 1 amide bonds. The van der Waals surface area contributed by atoms with Crippen LogP contribution in [0.25, 0.3) is 0 Å². The summed E-state index contributed by atoms with van der Waals surface area (Å²) in [6, 6.07) is 6.18. The number of carboxylic acid groups (broad SMARTS) is 1. The summed E-state index contributed by atoms with van der Waals surface area (Å²) in [7, 11) is -3.34. The minimum Gasteiger partial charge on any atom is -0.479 e. The van der Waals surface area contributed by atoms with Gasteiger partial charge in [0.1, 0.15) is 0 Å². The molecule has 2 fully saturated rings. The van der Waals surface area contributed by atoms with E-state index in [1.165, 1.54) is 16.4 Å². The highest BCUT2D eigenvalue weighted by Gasteiger charge is 2.44. The third-order valence-corrected chi connectivity index (χ3v) is 6.15. The molecule has 1 atom stereocenters. The Labute approximate surface area is 139 Å². The van der Waals surface area contributed by atoms with Crippen molar-refractivity contribution in [1.29, 1.82) is 0 Å². The van der Waals surface area contributed by atoms with Crippen LogP contribution in [0.1, 0.15) is 23.2 Å². The summed E-state index contributed by atoms with van der Waals surface area (Å²) in [5.74, 6) is -1.63. The topological polar surface area (TPSA) is 113 Å². The zero-order valence-electron chi connectivity index (χ0n) is 12.9. The van der Waals surface area contributed by atoms with Gasteiger partial charge in [-0.1, -0.05) is 6.07 Å². The third-order valence-electron chi connectivity index (χ3n) is 4.28. The van der Waals surface area contributed by atoms with Crippen molar-refractivity contribution >= 4 is 27.6 Å². The molecule has 2 N–H and O–H groups in total. The fraction of sp³-hybridized carbons (Fsp3) is 0.467. The second-order valence-corrected chi connectivity index (χ2v) is 7.95. The van der Waals surface area contributed by atoms with Gasteiger partial charge in [0.05, 0.1) is 18.0 Å². The van der Waals surface area contributed by atoms with E-state index in [2.05, 4.69) is 5.32 Å². The van der Waals surface area contributed by atoms with Crippen LogP contribution >= 0.6 is 0 Å². The number of hydrogen-bond acceptors (Lipinski definition) is 5. The summed E-state index contributed by atoms with van der Waals surface area (Å²) in [5.41, 5.74) is -0.818. The lowest BCUT2D eigenvalue weighted by atomic mass is 9.98. The standard InChI is InChI=1S/C15H18N2O6S/c18-13(16-15(14(19)20)5-7-23-10-15)11-3-1-4-12(9-11)17-6-2-8-24(17,21)22/h1,3-4,9H,2,5-8,10H2,(H,16,18)(H,19,20). The number of benzene rings is 1. The summed E-state index contributed by atoms with van der Waals surface area (Å²) in [6.45, 7) is 0.549. The maximum absolute atomic E-state index is 12.4. The molecule has 1 aromatic carbocycles. The normalized spacial score (nSPS) is 25.6. The Bertz CT molecular complexity index is 770. The van der Waals surface area contributed by atoms with Gasteiger partial charge in [0.15, 0.2) is 5.54 Å². The van der Waals surface area contributed by atoms with Gasteiger partial charge in [-0.25, -0.2) is 13.2 Å². The van der Waals surface area contributed by atoms with E-state index in [4.69, 9.17) is 4.74 Å². The van der Waals surface area contributed by atoms with Crippen molar-refractivity contribution < 1.29 is 27.9 Å². The highest BCUT2D eigenvalue weighted by molar-refractivity contribution is 7.93. The monoisotopic (exact) mass is 354 g/mol. The van der Waals surface area contributed by atoms with E-state index in [0.717, 1.165) is 0 Å². The van der Waals surface area contributed by atoms with Crippen LogP contribution in [0.5, 0.6) is 0 Å². The average Bonchev–Trinajstić information content (AvgIpc) is 3.14. The minimum absolute atomic E-state index is 0.0862. The summed E-state index contributed by atoms with van der Waals surface area (Å²) in [4.78, 5) is 23.9. The molecule has 8 nitrogen and oxygen atoms in total. The van der Waals surface area contributed by atoms with Crippen molar-refractivity contribution in [3.05, 3.63) is 29.8 Å². The lowest BCUT2D eigenvalue weighted by Gasteiger charge is -2.24. The second kappa shape index (κ2) is 6.06. The molecule has 3 rings (SSSR count). The zero-order valence-corrected chi connectivity index (χ0v) is 13.7. The Kier molecular flexibility index (Phi) is 4.22. The fourth-order valence-electron chi connectivity index (χ4n) is 2.91. The number of nitrogens with one attached hydrogen (secondary N) is 1. The summed E-state index contributed by atoms with van der Waals surface area (Å²) >= 11 is 0. The highest BCUT2D eigenvalue weighted by atomic mass is 32.2. The molecule has 2 aliphatic heterocycles. The van der Waals surface area contributed by atoms with Crippen LogP contribution in [0, 0.1) is 0 Å². The molecule has 130 valence electrons. The first kappa shape index (κ1) is 16.7. The molecule has 0 bridgehead atoms. The third kappa shape index (κ3) is 2.96. The van der Waals surface area contributed by atoms with E-state index in [-0.39, 0.29) is 31.0 Å². The molecule has 2 aliphatic rings. The van der Waals surface area contributed by atoms with Gasteiger partial charge in [-0.05, 0) is 24.6 Å². The van der Waals surface area contributed by atoms with Crippen molar-refractivity contribution in [3.8, 4) is 0 Å². The lowest BCUT2D eigenvalue weighted by molar-refractivity contribution is -0.144. The Hall–Kier alpha value is -2.13. The number of aliphatic carboxylic acids is 1. The number of carbonyl (C=O) groups excluding carboxylic acids is 1. The molecule has 0 saturated carbocycles. The number of nitrogens with zero attached hydrogens (tertiary/aromatic N) is 1. The molecule has 1 unspecified atom stereocenters. The van der Waals surface area contributed by atoms with Crippen molar-refractivity contribution in [2.75, 3.05) is 29.8 Å². The zero-order chi connectivity index (χ0) is 17.4. The van der Waals surface area contributed by atoms with Crippen LogP contribution in [0.4, 0.5) is 5.69 Å². The first-order valence-corrected chi connectivity index (χ1v) is 9.19. The van der Waals surface area contributed by atoms with E-state index in [0.29, 0.717) is 18.7 Å². The Morgan fingerprint density at radius 2 is 2.12 bits per heavy atom. The van der Waals surface area contributed by atoms with E-state index in [1.807, 2.05) is 0 Å². The Balaban J connectivity index is 1.84. The van der Waals surface area contributed by atoms with Crippen LogP contribution in [0.2, 0.25) is 0 Å². The molecule has 2 heterocycles. The van der Waals surface area contributed by atoms with Crippen LogP contribution in [-0.4, -0.2) is 56.5 Å². The number of sulfonamides is 1. The molecule has 0 aliphatic carbocycles. The Morgan fingerprint density at radius 1 is 1.33 bits per heavy atom.